The number of hydrogen-bond donors (Lipinski definition) is 0. The van der Waals surface area contributed by atoms with Crippen molar-refractivity contribution < 1.29 is 8.98 Å². The third-order valence-corrected chi connectivity index (χ3v) is 16.2. The van der Waals surface area contributed by atoms with Gasteiger partial charge in [-0.3, -0.25) is 0 Å². The molecule has 0 saturated carbocycles. The Bertz CT molecular complexity index is 3740. The van der Waals surface area contributed by atoms with Gasteiger partial charge in [-0.25, -0.2) is 0 Å². The van der Waals surface area contributed by atoms with Crippen LogP contribution in [0.2, 0.25) is 0 Å². The Morgan fingerprint density at radius 3 is 1.28 bits per heavy atom. The summed E-state index contributed by atoms with van der Waals surface area (Å²) in [5.74, 6) is 0. The highest BCUT2D eigenvalue weighted by atomic mass is 31.2. The van der Waals surface area contributed by atoms with Crippen LogP contribution in [0.5, 0.6) is 0 Å². The van der Waals surface area contributed by atoms with E-state index < -0.39 is 7.14 Å². The SMILES string of the molecule is O=P(c1ccccc1)(c1ccccc1)c1ccc(-c2cc3c(oc4cccc(-c5ccc(-c6cc(-c7ccccc7)cc(-c7cccc(-c8ccccc8)c7)c6)cc5)c43)c3ccccc23)cc1. The summed E-state index contributed by atoms with van der Waals surface area (Å²) >= 11 is 0. The second-order valence-electron chi connectivity index (χ2n) is 17.1. The summed E-state index contributed by atoms with van der Waals surface area (Å²) in [6.45, 7) is 0. The van der Waals surface area contributed by atoms with E-state index in [1.54, 1.807) is 0 Å². The molecule has 0 amide bonds. The van der Waals surface area contributed by atoms with Gasteiger partial charge in [0.1, 0.15) is 11.2 Å². The van der Waals surface area contributed by atoms with E-state index in [0.717, 1.165) is 82.0 Å². The normalized spacial score (nSPS) is 11.6. The third kappa shape index (κ3) is 7.29. The first-order valence-corrected chi connectivity index (χ1v) is 24.5. The van der Waals surface area contributed by atoms with Crippen LogP contribution in [0.1, 0.15) is 0 Å². The molecule has 12 rings (SSSR count). The molecule has 3 heteroatoms. The van der Waals surface area contributed by atoms with Crippen molar-refractivity contribution in [3.8, 4) is 66.8 Å². The highest BCUT2D eigenvalue weighted by molar-refractivity contribution is 7.85. The summed E-state index contributed by atoms with van der Waals surface area (Å²) in [6, 6.07) is 91.2. The highest BCUT2D eigenvalue weighted by Crippen LogP contribution is 2.46. The maximum absolute atomic E-state index is 15.2. The fourth-order valence-corrected chi connectivity index (χ4v) is 12.5. The predicted octanol–water partition coefficient (Wildman–Crippen LogP) is 16.4. The first kappa shape index (κ1) is 40.2. The summed E-state index contributed by atoms with van der Waals surface area (Å²) in [4.78, 5) is 0. The number of benzene rings is 11. The van der Waals surface area contributed by atoms with Gasteiger partial charge in [0.15, 0.2) is 7.14 Å². The molecule has 0 N–H and O–H groups in total. The van der Waals surface area contributed by atoms with Crippen LogP contribution in [0.4, 0.5) is 0 Å². The molecule has 1 heterocycles. The maximum Gasteiger partial charge on any atom is 0.171 e. The van der Waals surface area contributed by atoms with Crippen molar-refractivity contribution in [1.29, 1.82) is 0 Å². The molecule has 316 valence electrons. The lowest BCUT2D eigenvalue weighted by atomic mass is 9.91. The van der Waals surface area contributed by atoms with Gasteiger partial charge in [-0.15, -0.1) is 0 Å². The van der Waals surface area contributed by atoms with Gasteiger partial charge >= 0.3 is 0 Å². The van der Waals surface area contributed by atoms with Crippen LogP contribution in [-0.2, 0) is 4.57 Å². The van der Waals surface area contributed by atoms with Crippen LogP contribution in [0.25, 0.3) is 99.5 Å². The zero-order valence-electron chi connectivity index (χ0n) is 36.6. The lowest BCUT2D eigenvalue weighted by Gasteiger charge is -2.20. The van der Waals surface area contributed by atoms with Crippen molar-refractivity contribution in [3.05, 3.63) is 261 Å². The molecule has 0 aliphatic carbocycles. The van der Waals surface area contributed by atoms with E-state index in [4.69, 9.17) is 4.42 Å². The second-order valence-corrected chi connectivity index (χ2v) is 19.9. The molecule has 0 saturated heterocycles. The summed E-state index contributed by atoms with van der Waals surface area (Å²) < 4.78 is 22.0. The van der Waals surface area contributed by atoms with Crippen LogP contribution in [-0.4, -0.2) is 0 Å². The third-order valence-electron chi connectivity index (χ3n) is 13.2. The minimum absolute atomic E-state index is 0.804. The molecule has 0 atom stereocenters. The molecular formula is C64H43O2P. The van der Waals surface area contributed by atoms with Gasteiger partial charge in [0.05, 0.1) is 0 Å². The summed E-state index contributed by atoms with van der Waals surface area (Å²) in [5.41, 5.74) is 15.5. The minimum atomic E-state index is -3.12. The molecule has 0 aliphatic heterocycles. The first-order valence-electron chi connectivity index (χ1n) is 22.7. The lowest BCUT2D eigenvalue weighted by molar-refractivity contribution is 0.592. The quantitative estimate of drug-likeness (QED) is 0.135. The van der Waals surface area contributed by atoms with E-state index in [0.29, 0.717) is 0 Å². The van der Waals surface area contributed by atoms with Gasteiger partial charge in [-0.05, 0) is 109 Å². The van der Waals surface area contributed by atoms with Gasteiger partial charge in [0.25, 0.3) is 0 Å². The van der Waals surface area contributed by atoms with E-state index >= 15 is 4.57 Å². The van der Waals surface area contributed by atoms with Crippen LogP contribution in [0, 0.1) is 0 Å². The molecule has 1 aromatic heterocycles. The van der Waals surface area contributed by atoms with Gasteiger partial charge in [0.2, 0.25) is 0 Å². The van der Waals surface area contributed by atoms with Crippen LogP contribution >= 0.6 is 7.14 Å². The number of furan rings is 1. The average molecular weight is 875 g/mol. The molecule has 67 heavy (non-hydrogen) atoms. The zero-order valence-corrected chi connectivity index (χ0v) is 37.5. The predicted molar refractivity (Wildman–Crippen MR) is 283 cm³/mol. The Morgan fingerprint density at radius 1 is 0.269 bits per heavy atom. The Labute approximate surface area is 390 Å². The van der Waals surface area contributed by atoms with Crippen molar-refractivity contribution >= 4 is 55.8 Å². The molecule has 12 aromatic rings. The Kier molecular flexibility index (Phi) is 10.2. The van der Waals surface area contributed by atoms with Crippen LogP contribution in [0.3, 0.4) is 0 Å². The Morgan fingerprint density at radius 2 is 0.672 bits per heavy atom. The molecular weight excluding hydrogens is 832 g/mol. The minimum Gasteiger partial charge on any atom is -0.455 e. The van der Waals surface area contributed by atoms with Crippen LogP contribution in [0.15, 0.2) is 265 Å². The van der Waals surface area contributed by atoms with Crippen molar-refractivity contribution in [2.45, 2.75) is 0 Å². The monoisotopic (exact) mass is 874 g/mol. The zero-order chi connectivity index (χ0) is 44.7. The fraction of sp³-hybridized carbons (Fsp3) is 0. The van der Waals surface area contributed by atoms with Crippen LogP contribution < -0.4 is 15.9 Å². The molecule has 2 nitrogen and oxygen atoms in total. The van der Waals surface area contributed by atoms with Crippen molar-refractivity contribution in [2.24, 2.45) is 0 Å². The van der Waals surface area contributed by atoms with E-state index in [1.807, 2.05) is 60.7 Å². The van der Waals surface area contributed by atoms with Crippen molar-refractivity contribution in [2.75, 3.05) is 0 Å². The Hall–Kier alpha value is -8.29. The highest BCUT2D eigenvalue weighted by Gasteiger charge is 2.29. The van der Waals surface area contributed by atoms with Gasteiger partial charge in [-0.1, -0.05) is 224 Å². The number of fused-ring (bicyclic) bond motifs is 5. The first-order chi connectivity index (χ1) is 33.1. The van der Waals surface area contributed by atoms with E-state index in [-0.39, 0.29) is 0 Å². The topological polar surface area (TPSA) is 30.2 Å². The standard InChI is InChI=1S/C64H43O2P/c65-67(54-23-9-3-10-24-54,55-25-11-4-12-26-55)56-37-35-48(36-38-56)60-43-61-63-57(29-16-30-62(63)66-64(61)59-28-14-13-27-58(59)60)47-33-31-46(32-34-47)52-40-51(45-19-7-2-8-20-45)41-53(42-52)50-22-15-21-49(39-50)44-17-5-1-6-18-44/h1-43H. The van der Waals surface area contributed by atoms with E-state index in [9.17, 15) is 0 Å². The molecule has 0 fully saturated rings. The summed E-state index contributed by atoms with van der Waals surface area (Å²) in [7, 11) is -3.12. The van der Waals surface area contributed by atoms with Gasteiger partial charge in [-0.2, -0.15) is 0 Å². The van der Waals surface area contributed by atoms with Gasteiger partial charge in [0, 0.05) is 32.1 Å². The molecule has 0 bridgehead atoms. The van der Waals surface area contributed by atoms with Crippen molar-refractivity contribution in [3.63, 3.8) is 0 Å². The number of hydrogen-bond acceptors (Lipinski definition) is 2. The molecule has 0 spiro atoms. The smallest absolute Gasteiger partial charge is 0.171 e. The maximum atomic E-state index is 15.2. The Balaban J connectivity index is 0.951. The molecule has 11 aromatic carbocycles. The second kappa shape index (κ2) is 16.9. The summed E-state index contributed by atoms with van der Waals surface area (Å²) in [6.07, 6.45) is 0. The lowest BCUT2D eigenvalue weighted by Crippen LogP contribution is -2.24. The fourth-order valence-electron chi connectivity index (χ4n) is 9.81. The molecule has 0 aliphatic rings. The van der Waals surface area contributed by atoms with Gasteiger partial charge < -0.3 is 8.98 Å². The average Bonchev–Trinajstić information content (AvgIpc) is 3.81. The summed E-state index contributed by atoms with van der Waals surface area (Å²) in [5, 5.41) is 6.75. The largest absolute Gasteiger partial charge is 0.455 e. The van der Waals surface area contributed by atoms with E-state index in [2.05, 4.69) is 200 Å². The molecule has 0 unspecified atom stereocenters. The molecule has 0 radical (unpaired) electrons. The number of rotatable bonds is 9. The van der Waals surface area contributed by atoms with Crippen molar-refractivity contribution in [1.82, 2.24) is 0 Å². The van der Waals surface area contributed by atoms with E-state index in [1.165, 1.54) is 33.4 Å².